The lowest BCUT2D eigenvalue weighted by molar-refractivity contribution is 0.0844. The Kier molecular flexibility index (Phi) is 3.38. The standard InChI is InChI=1S/C11H19N3O/c1-14-7-6-12-11(14)8-13-9-4-3-5-10(9)15-2/h6-7,9-10,13H,3-5,8H2,1-2H3. The van der Waals surface area contributed by atoms with Gasteiger partial charge < -0.3 is 14.6 Å². The molecule has 1 aromatic heterocycles. The molecule has 0 amide bonds. The van der Waals surface area contributed by atoms with E-state index in [4.69, 9.17) is 4.74 Å². The van der Waals surface area contributed by atoms with Crippen LogP contribution in [0.3, 0.4) is 0 Å². The molecule has 2 atom stereocenters. The number of ether oxygens (including phenoxy) is 1. The fraction of sp³-hybridized carbons (Fsp3) is 0.727. The van der Waals surface area contributed by atoms with Crippen LogP contribution in [0.1, 0.15) is 25.1 Å². The minimum Gasteiger partial charge on any atom is -0.380 e. The fourth-order valence-electron chi connectivity index (χ4n) is 2.23. The summed E-state index contributed by atoms with van der Waals surface area (Å²) in [5.74, 6) is 1.08. The van der Waals surface area contributed by atoms with Crippen LogP contribution in [0.5, 0.6) is 0 Å². The molecule has 84 valence electrons. The summed E-state index contributed by atoms with van der Waals surface area (Å²) in [6, 6.07) is 0.492. The largest absolute Gasteiger partial charge is 0.380 e. The van der Waals surface area contributed by atoms with Crippen molar-refractivity contribution in [1.29, 1.82) is 0 Å². The SMILES string of the molecule is COC1CCCC1NCc1nccn1C. The van der Waals surface area contributed by atoms with Crippen molar-refractivity contribution in [2.75, 3.05) is 7.11 Å². The first-order valence-electron chi connectivity index (χ1n) is 5.53. The molecule has 0 bridgehead atoms. The van der Waals surface area contributed by atoms with E-state index in [0.717, 1.165) is 12.4 Å². The van der Waals surface area contributed by atoms with Crippen LogP contribution in [0.2, 0.25) is 0 Å². The van der Waals surface area contributed by atoms with Gasteiger partial charge in [0.15, 0.2) is 0 Å². The van der Waals surface area contributed by atoms with Gasteiger partial charge >= 0.3 is 0 Å². The number of nitrogens with zero attached hydrogens (tertiary/aromatic N) is 2. The van der Waals surface area contributed by atoms with E-state index in [0.29, 0.717) is 12.1 Å². The van der Waals surface area contributed by atoms with Gasteiger partial charge in [-0.1, -0.05) is 0 Å². The average molecular weight is 209 g/mol. The van der Waals surface area contributed by atoms with Crippen LogP contribution in [0, 0.1) is 0 Å². The van der Waals surface area contributed by atoms with E-state index >= 15 is 0 Å². The highest BCUT2D eigenvalue weighted by Gasteiger charge is 2.26. The molecule has 1 fully saturated rings. The molecular formula is C11H19N3O. The summed E-state index contributed by atoms with van der Waals surface area (Å²) in [5, 5.41) is 3.52. The monoisotopic (exact) mass is 209 g/mol. The van der Waals surface area contributed by atoms with Crippen molar-refractivity contribution in [2.45, 2.75) is 38.0 Å². The number of imidazole rings is 1. The van der Waals surface area contributed by atoms with Crippen LogP contribution in [0.15, 0.2) is 12.4 Å². The maximum absolute atomic E-state index is 5.43. The number of rotatable bonds is 4. The zero-order valence-corrected chi connectivity index (χ0v) is 9.44. The fourth-order valence-corrected chi connectivity index (χ4v) is 2.23. The second-order valence-electron chi connectivity index (χ2n) is 4.15. The van der Waals surface area contributed by atoms with Crippen molar-refractivity contribution in [2.24, 2.45) is 7.05 Å². The van der Waals surface area contributed by atoms with Crippen molar-refractivity contribution >= 4 is 0 Å². The first kappa shape index (κ1) is 10.6. The third-order valence-electron chi connectivity index (χ3n) is 3.20. The molecule has 0 aromatic carbocycles. The molecule has 1 heterocycles. The molecule has 1 saturated carbocycles. The highest BCUT2D eigenvalue weighted by atomic mass is 16.5. The van der Waals surface area contributed by atoms with Crippen molar-refractivity contribution in [3.8, 4) is 0 Å². The van der Waals surface area contributed by atoms with Gasteiger partial charge in [-0.05, 0) is 19.3 Å². The molecular weight excluding hydrogens is 190 g/mol. The summed E-state index contributed by atoms with van der Waals surface area (Å²) >= 11 is 0. The molecule has 0 aliphatic heterocycles. The Bertz CT molecular complexity index is 311. The van der Waals surface area contributed by atoms with Gasteiger partial charge in [0.05, 0.1) is 12.6 Å². The Morgan fingerprint density at radius 1 is 1.60 bits per heavy atom. The maximum Gasteiger partial charge on any atom is 0.122 e. The maximum atomic E-state index is 5.43. The van der Waals surface area contributed by atoms with Crippen LogP contribution in [-0.2, 0) is 18.3 Å². The summed E-state index contributed by atoms with van der Waals surface area (Å²) in [6.07, 6.45) is 7.83. The lowest BCUT2D eigenvalue weighted by Crippen LogP contribution is -2.36. The van der Waals surface area contributed by atoms with Crippen LogP contribution in [0.25, 0.3) is 0 Å². The van der Waals surface area contributed by atoms with E-state index in [1.807, 2.05) is 24.0 Å². The molecule has 4 nitrogen and oxygen atoms in total. The summed E-state index contributed by atoms with van der Waals surface area (Å²) in [5.41, 5.74) is 0. The molecule has 1 aliphatic rings. The van der Waals surface area contributed by atoms with Crippen LogP contribution in [-0.4, -0.2) is 28.8 Å². The predicted molar refractivity (Wildman–Crippen MR) is 58.5 cm³/mol. The van der Waals surface area contributed by atoms with Gasteiger partial charge in [-0.2, -0.15) is 0 Å². The van der Waals surface area contributed by atoms with Crippen LogP contribution >= 0.6 is 0 Å². The van der Waals surface area contributed by atoms with Gasteiger partial charge in [0, 0.05) is 32.6 Å². The molecule has 2 unspecified atom stereocenters. The van der Waals surface area contributed by atoms with Crippen molar-refractivity contribution < 1.29 is 4.74 Å². The van der Waals surface area contributed by atoms with Crippen molar-refractivity contribution in [1.82, 2.24) is 14.9 Å². The van der Waals surface area contributed by atoms with Gasteiger partial charge in [-0.15, -0.1) is 0 Å². The molecule has 0 saturated heterocycles. The predicted octanol–water partition coefficient (Wildman–Crippen LogP) is 1.08. The molecule has 2 rings (SSSR count). The van der Waals surface area contributed by atoms with Crippen molar-refractivity contribution in [3.63, 3.8) is 0 Å². The average Bonchev–Trinajstić information content (AvgIpc) is 2.83. The first-order valence-corrected chi connectivity index (χ1v) is 5.53. The number of nitrogens with one attached hydrogen (secondary N) is 1. The summed E-state index contributed by atoms with van der Waals surface area (Å²) in [4.78, 5) is 4.29. The molecule has 1 aliphatic carbocycles. The second kappa shape index (κ2) is 4.77. The van der Waals surface area contributed by atoms with E-state index in [-0.39, 0.29) is 0 Å². The zero-order chi connectivity index (χ0) is 10.7. The van der Waals surface area contributed by atoms with Gasteiger partial charge in [0.25, 0.3) is 0 Å². The lowest BCUT2D eigenvalue weighted by Gasteiger charge is -2.19. The Hall–Kier alpha value is -0.870. The second-order valence-corrected chi connectivity index (χ2v) is 4.15. The van der Waals surface area contributed by atoms with Gasteiger partial charge in [-0.25, -0.2) is 4.98 Å². The third-order valence-corrected chi connectivity index (χ3v) is 3.20. The highest BCUT2D eigenvalue weighted by Crippen LogP contribution is 2.21. The third kappa shape index (κ3) is 2.38. The van der Waals surface area contributed by atoms with E-state index in [9.17, 15) is 0 Å². The summed E-state index contributed by atoms with van der Waals surface area (Å²) in [7, 11) is 3.82. The lowest BCUT2D eigenvalue weighted by atomic mass is 10.2. The van der Waals surface area contributed by atoms with Gasteiger partial charge in [0.1, 0.15) is 5.82 Å². The minimum atomic E-state index is 0.380. The highest BCUT2D eigenvalue weighted by molar-refractivity contribution is 4.92. The molecule has 15 heavy (non-hydrogen) atoms. The van der Waals surface area contributed by atoms with E-state index < -0.39 is 0 Å². The normalized spacial score (nSPS) is 26.0. The molecule has 1 N–H and O–H groups in total. The van der Waals surface area contributed by atoms with Gasteiger partial charge in [0.2, 0.25) is 0 Å². The quantitative estimate of drug-likeness (QED) is 0.806. The molecule has 0 radical (unpaired) electrons. The Morgan fingerprint density at radius 3 is 3.13 bits per heavy atom. The van der Waals surface area contributed by atoms with Crippen LogP contribution < -0.4 is 5.32 Å². The smallest absolute Gasteiger partial charge is 0.122 e. The number of aromatic nitrogens is 2. The van der Waals surface area contributed by atoms with E-state index in [1.54, 1.807) is 7.11 Å². The number of aryl methyl sites for hydroxylation is 1. The Morgan fingerprint density at radius 2 is 2.47 bits per heavy atom. The number of hydrogen-bond donors (Lipinski definition) is 1. The van der Waals surface area contributed by atoms with Crippen molar-refractivity contribution in [3.05, 3.63) is 18.2 Å². The summed E-state index contributed by atoms with van der Waals surface area (Å²) < 4.78 is 7.48. The Balaban J connectivity index is 1.85. The first-order chi connectivity index (χ1) is 7.31. The molecule has 0 spiro atoms. The van der Waals surface area contributed by atoms with E-state index in [2.05, 4.69) is 10.3 Å². The zero-order valence-electron chi connectivity index (χ0n) is 9.44. The van der Waals surface area contributed by atoms with E-state index in [1.165, 1.54) is 19.3 Å². The molecule has 4 heteroatoms. The number of methoxy groups -OCH3 is 1. The molecule has 1 aromatic rings. The topological polar surface area (TPSA) is 39.1 Å². The van der Waals surface area contributed by atoms with Gasteiger partial charge in [-0.3, -0.25) is 0 Å². The Labute approximate surface area is 90.6 Å². The summed E-state index contributed by atoms with van der Waals surface area (Å²) in [6.45, 7) is 0.827. The van der Waals surface area contributed by atoms with Crippen LogP contribution in [0.4, 0.5) is 0 Å². The number of hydrogen-bond acceptors (Lipinski definition) is 3. The minimum absolute atomic E-state index is 0.380.